The molecule has 10 heteroatoms. The molecule has 0 fully saturated rings. The number of nitrogens with zero attached hydrogens (tertiary/aromatic N) is 3. The van der Waals surface area contributed by atoms with Gasteiger partial charge in [-0.05, 0) is 17.2 Å². The number of halogens is 1. The summed E-state index contributed by atoms with van der Waals surface area (Å²) in [4.78, 5) is 35.7. The van der Waals surface area contributed by atoms with Gasteiger partial charge in [0.15, 0.2) is 0 Å². The van der Waals surface area contributed by atoms with Gasteiger partial charge in [-0.15, -0.1) is 0 Å². The van der Waals surface area contributed by atoms with Gasteiger partial charge in [0.1, 0.15) is 12.6 Å². The SMILES string of the molecule is CNc1ncc(Cl)c(-c2ccc3c(c2)C(=O)N(CC(=O)N[C@@H](c2ccccc2)[C@@H](O)CO)C3)n1. The van der Waals surface area contributed by atoms with Crippen LogP contribution in [0.5, 0.6) is 0 Å². The molecule has 1 aromatic heterocycles. The van der Waals surface area contributed by atoms with E-state index in [9.17, 15) is 19.8 Å². The van der Waals surface area contributed by atoms with Gasteiger partial charge < -0.3 is 25.7 Å². The number of amides is 2. The second-order valence-electron chi connectivity index (χ2n) is 7.88. The molecule has 0 spiro atoms. The lowest BCUT2D eigenvalue weighted by Crippen LogP contribution is -2.43. The number of aliphatic hydroxyl groups excluding tert-OH is 2. The minimum atomic E-state index is -1.18. The summed E-state index contributed by atoms with van der Waals surface area (Å²) in [5.41, 5.74) is 3.08. The van der Waals surface area contributed by atoms with Crippen LogP contribution >= 0.6 is 11.6 Å². The molecule has 0 radical (unpaired) electrons. The molecule has 4 N–H and O–H groups in total. The third-order valence-electron chi connectivity index (χ3n) is 5.61. The topological polar surface area (TPSA) is 128 Å². The largest absolute Gasteiger partial charge is 0.394 e. The molecule has 0 aliphatic carbocycles. The lowest BCUT2D eigenvalue weighted by atomic mass is 10.0. The van der Waals surface area contributed by atoms with Crippen molar-refractivity contribution in [2.45, 2.75) is 18.7 Å². The number of hydrogen-bond donors (Lipinski definition) is 4. The predicted molar refractivity (Wildman–Crippen MR) is 127 cm³/mol. The van der Waals surface area contributed by atoms with E-state index in [-0.39, 0.29) is 19.0 Å². The molecule has 0 bridgehead atoms. The molecule has 0 saturated carbocycles. The first-order valence-corrected chi connectivity index (χ1v) is 11.0. The van der Waals surface area contributed by atoms with Gasteiger partial charge >= 0.3 is 0 Å². The summed E-state index contributed by atoms with van der Waals surface area (Å²) in [7, 11) is 1.70. The van der Waals surface area contributed by atoms with Crippen LogP contribution in [0.2, 0.25) is 5.02 Å². The zero-order chi connectivity index (χ0) is 24.2. The molecule has 0 unspecified atom stereocenters. The Morgan fingerprint density at radius 2 is 2.00 bits per heavy atom. The summed E-state index contributed by atoms with van der Waals surface area (Å²) in [5.74, 6) is -0.326. The van der Waals surface area contributed by atoms with Gasteiger partial charge in [0.05, 0.1) is 29.6 Å². The molecule has 2 heterocycles. The highest BCUT2D eigenvalue weighted by atomic mass is 35.5. The molecule has 9 nitrogen and oxygen atoms in total. The maximum Gasteiger partial charge on any atom is 0.254 e. The number of anilines is 1. The fraction of sp³-hybridized carbons (Fsp3) is 0.250. The number of fused-ring (bicyclic) bond motifs is 1. The molecule has 1 aliphatic heterocycles. The van der Waals surface area contributed by atoms with E-state index < -0.39 is 24.7 Å². The van der Waals surface area contributed by atoms with Gasteiger partial charge in [-0.1, -0.05) is 54.1 Å². The van der Waals surface area contributed by atoms with Crippen LogP contribution in [0.15, 0.2) is 54.7 Å². The average Bonchev–Trinajstić information content (AvgIpc) is 3.17. The highest BCUT2D eigenvalue weighted by Crippen LogP contribution is 2.31. The summed E-state index contributed by atoms with van der Waals surface area (Å²) in [6.45, 7) is -0.431. The van der Waals surface area contributed by atoms with Crippen molar-refractivity contribution in [3.8, 4) is 11.3 Å². The number of hydrogen-bond acceptors (Lipinski definition) is 7. The number of aromatic nitrogens is 2. The van der Waals surface area contributed by atoms with Gasteiger partial charge in [-0.3, -0.25) is 9.59 Å². The average molecular weight is 482 g/mol. The molecular weight excluding hydrogens is 458 g/mol. The maximum atomic E-state index is 13.0. The normalized spacial score (nSPS) is 14.5. The molecule has 176 valence electrons. The predicted octanol–water partition coefficient (Wildman–Crippen LogP) is 2.01. The Bertz CT molecular complexity index is 1210. The van der Waals surface area contributed by atoms with Crippen molar-refractivity contribution < 1.29 is 19.8 Å². The fourth-order valence-corrected chi connectivity index (χ4v) is 4.09. The highest BCUT2D eigenvalue weighted by molar-refractivity contribution is 6.33. The Morgan fingerprint density at radius 3 is 2.71 bits per heavy atom. The molecular formula is C24H24ClN5O4. The Balaban J connectivity index is 1.50. The smallest absolute Gasteiger partial charge is 0.254 e. The van der Waals surface area contributed by atoms with E-state index in [4.69, 9.17) is 11.6 Å². The van der Waals surface area contributed by atoms with Crippen LogP contribution in [-0.4, -0.2) is 63.2 Å². The minimum Gasteiger partial charge on any atom is -0.394 e. The van der Waals surface area contributed by atoms with Crippen LogP contribution in [0.3, 0.4) is 0 Å². The van der Waals surface area contributed by atoms with Crippen LogP contribution in [0.25, 0.3) is 11.3 Å². The first-order chi connectivity index (χ1) is 16.4. The van der Waals surface area contributed by atoms with Crippen LogP contribution in [0, 0.1) is 0 Å². The van der Waals surface area contributed by atoms with Crippen molar-refractivity contribution in [1.29, 1.82) is 0 Å². The Morgan fingerprint density at radius 1 is 1.24 bits per heavy atom. The van der Waals surface area contributed by atoms with Crippen molar-refractivity contribution in [2.75, 3.05) is 25.5 Å². The van der Waals surface area contributed by atoms with E-state index in [0.717, 1.165) is 5.56 Å². The summed E-state index contributed by atoms with van der Waals surface area (Å²) < 4.78 is 0. The molecule has 2 aromatic carbocycles. The van der Waals surface area contributed by atoms with Gasteiger partial charge in [0.2, 0.25) is 11.9 Å². The van der Waals surface area contributed by atoms with Crippen LogP contribution in [-0.2, 0) is 11.3 Å². The van der Waals surface area contributed by atoms with Gasteiger partial charge in [0.25, 0.3) is 5.91 Å². The third-order valence-corrected chi connectivity index (χ3v) is 5.89. The van der Waals surface area contributed by atoms with Crippen molar-refractivity contribution >= 4 is 29.4 Å². The third kappa shape index (κ3) is 4.86. The molecule has 1 aliphatic rings. The van der Waals surface area contributed by atoms with Crippen molar-refractivity contribution in [2.24, 2.45) is 0 Å². The molecule has 4 rings (SSSR count). The fourth-order valence-electron chi connectivity index (χ4n) is 3.89. The summed E-state index contributed by atoms with van der Waals surface area (Å²) >= 11 is 6.27. The number of carbonyl (C=O) groups excluding carboxylic acids is 2. The first-order valence-electron chi connectivity index (χ1n) is 10.7. The summed E-state index contributed by atoms with van der Waals surface area (Å²) in [6, 6.07) is 13.4. The summed E-state index contributed by atoms with van der Waals surface area (Å²) in [6.07, 6.45) is 0.311. The standard InChI is InChI=1S/C24H24ClN5O4/c1-26-24-27-10-18(25)21(29-24)15-7-8-16-11-30(23(34)17(16)9-15)12-20(33)28-22(19(32)13-31)14-5-3-2-4-6-14/h2-10,19,22,31-32H,11-13H2,1H3,(H,28,33)(H,26,27,29)/t19-,22-/m0/s1. The number of aliphatic hydroxyl groups is 2. The van der Waals surface area contributed by atoms with Gasteiger partial charge in [-0.25, -0.2) is 9.97 Å². The number of rotatable bonds is 8. The zero-order valence-corrected chi connectivity index (χ0v) is 19.2. The quantitative estimate of drug-likeness (QED) is 0.387. The van der Waals surface area contributed by atoms with Crippen molar-refractivity contribution in [3.05, 3.63) is 76.4 Å². The number of carbonyl (C=O) groups is 2. The Labute approximate surface area is 201 Å². The van der Waals surface area contributed by atoms with E-state index in [1.54, 1.807) is 37.4 Å². The monoisotopic (exact) mass is 481 g/mol. The number of nitrogens with one attached hydrogen (secondary N) is 2. The molecule has 2 amide bonds. The van der Waals surface area contributed by atoms with E-state index in [2.05, 4.69) is 20.6 Å². The zero-order valence-electron chi connectivity index (χ0n) is 18.4. The maximum absolute atomic E-state index is 13.0. The van der Waals surface area contributed by atoms with Crippen LogP contribution in [0.1, 0.15) is 27.5 Å². The molecule has 2 atom stereocenters. The van der Waals surface area contributed by atoms with Gasteiger partial charge in [-0.2, -0.15) is 0 Å². The van der Waals surface area contributed by atoms with Crippen LogP contribution in [0.4, 0.5) is 5.95 Å². The van der Waals surface area contributed by atoms with E-state index in [1.165, 1.54) is 11.1 Å². The first kappa shape index (κ1) is 23.6. The lowest BCUT2D eigenvalue weighted by Gasteiger charge is -2.24. The van der Waals surface area contributed by atoms with Crippen molar-refractivity contribution in [1.82, 2.24) is 20.2 Å². The van der Waals surface area contributed by atoms with Gasteiger partial charge in [0, 0.05) is 24.7 Å². The summed E-state index contributed by atoms with van der Waals surface area (Å²) in [5, 5.41) is 25.6. The molecule has 34 heavy (non-hydrogen) atoms. The van der Waals surface area contributed by atoms with E-state index in [1.807, 2.05) is 18.2 Å². The Hall–Kier alpha value is -3.53. The molecule has 0 saturated heterocycles. The van der Waals surface area contributed by atoms with Crippen molar-refractivity contribution in [3.63, 3.8) is 0 Å². The second-order valence-corrected chi connectivity index (χ2v) is 8.29. The Kier molecular flexibility index (Phi) is 7.06. The highest BCUT2D eigenvalue weighted by Gasteiger charge is 2.31. The van der Waals surface area contributed by atoms with Crippen LogP contribution < -0.4 is 10.6 Å². The van der Waals surface area contributed by atoms with E-state index in [0.29, 0.717) is 33.4 Å². The number of benzene rings is 2. The lowest BCUT2D eigenvalue weighted by molar-refractivity contribution is -0.123. The second kappa shape index (κ2) is 10.2. The minimum absolute atomic E-state index is 0.192. The van der Waals surface area contributed by atoms with E-state index >= 15 is 0 Å². The molecule has 3 aromatic rings.